The van der Waals surface area contributed by atoms with Gasteiger partial charge in [-0.05, 0) is 30.5 Å². The van der Waals surface area contributed by atoms with Crippen molar-refractivity contribution in [1.29, 1.82) is 5.26 Å². The number of hydrogen-bond donors (Lipinski definition) is 2. The molecule has 0 spiro atoms. The summed E-state index contributed by atoms with van der Waals surface area (Å²) in [6.07, 6.45) is 2.01. The number of thioether (sulfide) groups is 1. The van der Waals surface area contributed by atoms with Gasteiger partial charge in [0.25, 0.3) is 0 Å². The molecule has 0 saturated carbocycles. The molecule has 0 unspecified atom stereocenters. The van der Waals surface area contributed by atoms with Crippen LogP contribution in [0.5, 0.6) is 0 Å². The van der Waals surface area contributed by atoms with Crippen LogP contribution >= 0.6 is 11.8 Å². The van der Waals surface area contributed by atoms with E-state index in [1.54, 1.807) is 23.9 Å². The van der Waals surface area contributed by atoms with Crippen molar-refractivity contribution in [2.24, 2.45) is 0 Å². The summed E-state index contributed by atoms with van der Waals surface area (Å²) in [4.78, 5) is 5.28. The number of pyridine rings is 1. The van der Waals surface area contributed by atoms with Crippen molar-refractivity contribution in [2.45, 2.75) is 4.90 Å². The average Bonchev–Trinajstić information content (AvgIpc) is 2.41. The summed E-state index contributed by atoms with van der Waals surface area (Å²) in [7, 11) is 0. The summed E-state index contributed by atoms with van der Waals surface area (Å²) in [6.45, 7) is 0. The fourth-order valence-corrected chi connectivity index (χ4v) is 2.07. The van der Waals surface area contributed by atoms with E-state index in [0.29, 0.717) is 11.5 Å². The summed E-state index contributed by atoms with van der Waals surface area (Å²) < 4.78 is 0. The Morgan fingerprint density at radius 1 is 1.28 bits per heavy atom. The Balaban J connectivity index is 2.32. The summed E-state index contributed by atoms with van der Waals surface area (Å²) >= 11 is 1.65. The molecule has 0 aliphatic carbocycles. The highest BCUT2D eigenvalue weighted by Crippen LogP contribution is 2.27. The largest absolute Gasteiger partial charge is 0.396 e. The number of nitrogen functional groups attached to an aromatic ring is 1. The zero-order valence-electron chi connectivity index (χ0n) is 9.84. The van der Waals surface area contributed by atoms with E-state index in [-0.39, 0.29) is 5.69 Å². The minimum atomic E-state index is 0.238. The molecule has 0 fully saturated rings. The lowest BCUT2D eigenvalue weighted by atomic mass is 10.3. The van der Waals surface area contributed by atoms with Crippen LogP contribution in [0.1, 0.15) is 5.69 Å². The minimum absolute atomic E-state index is 0.238. The smallest absolute Gasteiger partial charge is 0.165 e. The average molecular weight is 256 g/mol. The predicted octanol–water partition coefficient (Wildman–Crippen LogP) is 3.00. The maximum absolute atomic E-state index is 8.89. The van der Waals surface area contributed by atoms with Gasteiger partial charge in [-0.1, -0.05) is 12.1 Å². The molecule has 1 heterocycles. The highest BCUT2D eigenvalue weighted by molar-refractivity contribution is 7.98. The number of aromatic nitrogens is 1. The van der Waals surface area contributed by atoms with Gasteiger partial charge in [0.15, 0.2) is 5.69 Å². The first kappa shape index (κ1) is 12.3. The molecule has 3 N–H and O–H groups in total. The van der Waals surface area contributed by atoms with Crippen molar-refractivity contribution < 1.29 is 0 Å². The fraction of sp³-hybridized carbons (Fsp3) is 0.0769. The fourth-order valence-electron chi connectivity index (χ4n) is 1.51. The van der Waals surface area contributed by atoms with Crippen LogP contribution in [0.3, 0.4) is 0 Å². The highest BCUT2D eigenvalue weighted by atomic mass is 32.2. The molecule has 0 saturated heterocycles. The van der Waals surface area contributed by atoms with Gasteiger partial charge in [0.05, 0.1) is 11.4 Å². The third-order valence-electron chi connectivity index (χ3n) is 2.40. The zero-order valence-corrected chi connectivity index (χ0v) is 10.7. The van der Waals surface area contributed by atoms with E-state index < -0.39 is 0 Å². The molecule has 90 valence electrons. The molecule has 4 nitrogen and oxygen atoms in total. The lowest BCUT2D eigenvalue weighted by Gasteiger charge is -2.10. The van der Waals surface area contributed by atoms with Gasteiger partial charge in [0.2, 0.25) is 0 Å². The van der Waals surface area contributed by atoms with E-state index in [9.17, 15) is 0 Å². The van der Waals surface area contributed by atoms with Crippen LogP contribution in [0.2, 0.25) is 0 Å². The Labute approximate surface area is 110 Å². The molecule has 0 atom stereocenters. The molecule has 0 aliphatic heterocycles. The van der Waals surface area contributed by atoms with Gasteiger partial charge in [-0.3, -0.25) is 0 Å². The van der Waals surface area contributed by atoms with Crippen LogP contribution in [-0.2, 0) is 0 Å². The van der Waals surface area contributed by atoms with Crippen molar-refractivity contribution in [2.75, 3.05) is 17.3 Å². The third-order valence-corrected chi connectivity index (χ3v) is 3.20. The molecule has 0 radical (unpaired) electrons. The normalized spacial score (nSPS) is 9.78. The molecule has 18 heavy (non-hydrogen) atoms. The first-order chi connectivity index (χ1) is 8.74. The number of nitriles is 1. The predicted molar refractivity (Wildman–Crippen MR) is 74.9 cm³/mol. The van der Waals surface area contributed by atoms with E-state index in [2.05, 4.69) is 10.3 Å². The van der Waals surface area contributed by atoms with E-state index in [0.717, 1.165) is 10.6 Å². The number of nitrogens with one attached hydrogen (secondary N) is 1. The Hall–Kier alpha value is -2.19. The quantitative estimate of drug-likeness (QED) is 0.826. The molecule has 0 bridgehead atoms. The highest BCUT2D eigenvalue weighted by Gasteiger charge is 2.04. The van der Waals surface area contributed by atoms with E-state index in [4.69, 9.17) is 11.0 Å². The second-order valence-electron chi connectivity index (χ2n) is 3.57. The van der Waals surface area contributed by atoms with Crippen LogP contribution in [0.15, 0.2) is 41.3 Å². The molecule has 0 aliphatic rings. The summed E-state index contributed by atoms with van der Waals surface area (Å²) in [5.74, 6) is 0.613. The first-order valence-corrected chi connectivity index (χ1v) is 6.53. The van der Waals surface area contributed by atoms with Gasteiger partial charge in [0.1, 0.15) is 11.9 Å². The molecule has 1 aromatic carbocycles. The van der Waals surface area contributed by atoms with Gasteiger partial charge >= 0.3 is 0 Å². The van der Waals surface area contributed by atoms with E-state index in [1.165, 1.54) is 0 Å². The summed E-state index contributed by atoms with van der Waals surface area (Å²) in [5, 5.41) is 12.1. The van der Waals surface area contributed by atoms with Crippen LogP contribution in [0.4, 0.5) is 17.2 Å². The summed E-state index contributed by atoms with van der Waals surface area (Å²) in [6, 6.07) is 13.3. The Morgan fingerprint density at radius 3 is 2.78 bits per heavy atom. The first-order valence-electron chi connectivity index (χ1n) is 5.31. The van der Waals surface area contributed by atoms with E-state index in [1.807, 2.05) is 36.6 Å². The molecule has 1 aromatic heterocycles. The lowest BCUT2D eigenvalue weighted by molar-refractivity contribution is 1.25. The maximum atomic E-state index is 8.89. The Morgan fingerprint density at radius 2 is 2.06 bits per heavy atom. The molecule has 5 heteroatoms. The number of nitrogens with two attached hydrogens (primary N) is 1. The van der Waals surface area contributed by atoms with Gasteiger partial charge in [-0.2, -0.15) is 5.26 Å². The van der Waals surface area contributed by atoms with Crippen molar-refractivity contribution >= 4 is 29.0 Å². The Kier molecular flexibility index (Phi) is 3.70. The van der Waals surface area contributed by atoms with Crippen LogP contribution in [0, 0.1) is 11.3 Å². The maximum Gasteiger partial charge on any atom is 0.165 e. The number of nitrogens with zero attached hydrogens (tertiary/aromatic N) is 2. The van der Waals surface area contributed by atoms with Crippen LogP contribution in [0.25, 0.3) is 0 Å². The SMILES string of the molecule is CSc1ccccc1Nc1ccc(N)c(C#N)n1. The second-order valence-corrected chi connectivity index (χ2v) is 4.42. The minimum Gasteiger partial charge on any atom is -0.396 e. The van der Waals surface area contributed by atoms with Gasteiger partial charge in [0, 0.05) is 4.90 Å². The van der Waals surface area contributed by atoms with E-state index >= 15 is 0 Å². The molecule has 0 amide bonds. The zero-order chi connectivity index (χ0) is 13.0. The van der Waals surface area contributed by atoms with Crippen LogP contribution < -0.4 is 11.1 Å². The lowest BCUT2D eigenvalue weighted by Crippen LogP contribution is -1.99. The van der Waals surface area contributed by atoms with Crippen molar-refractivity contribution in [1.82, 2.24) is 4.98 Å². The molecule has 2 rings (SSSR count). The Bertz CT molecular complexity index is 604. The number of rotatable bonds is 3. The summed E-state index contributed by atoms with van der Waals surface area (Å²) in [5.41, 5.74) is 7.22. The number of hydrogen-bond acceptors (Lipinski definition) is 5. The van der Waals surface area contributed by atoms with Gasteiger partial charge in [-0.15, -0.1) is 11.8 Å². The van der Waals surface area contributed by atoms with Crippen LogP contribution in [-0.4, -0.2) is 11.2 Å². The molecular weight excluding hydrogens is 244 g/mol. The monoisotopic (exact) mass is 256 g/mol. The van der Waals surface area contributed by atoms with Gasteiger partial charge in [-0.25, -0.2) is 4.98 Å². The van der Waals surface area contributed by atoms with Crippen molar-refractivity contribution in [3.63, 3.8) is 0 Å². The standard InChI is InChI=1S/C13H12N4S/c1-18-12-5-3-2-4-10(12)16-13-7-6-9(15)11(8-14)17-13/h2-7H,15H2,1H3,(H,16,17). The van der Waals surface area contributed by atoms with Crippen molar-refractivity contribution in [3.8, 4) is 6.07 Å². The molecular formula is C13H12N4S. The number of para-hydroxylation sites is 1. The second kappa shape index (κ2) is 5.43. The third kappa shape index (κ3) is 2.55. The molecule has 2 aromatic rings. The topological polar surface area (TPSA) is 74.7 Å². The van der Waals surface area contributed by atoms with Crippen molar-refractivity contribution in [3.05, 3.63) is 42.1 Å². The number of benzene rings is 1. The number of anilines is 3. The van der Waals surface area contributed by atoms with Gasteiger partial charge < -0.3 is 11.1 Å².